The van der Waals surface area contributed by atoms with E-state index in [1.807, 2.05) is 0 Å². The molecule has 1 unspecified atom stereocenters. The molecule has 2 rings (SSSR count). The number of anilines is 1. The maximum atomic E-state index is 14.3. The highest BCUT2D eigenvalue weighted by Crippen LogP contribution is 2.21. The topological polar surface area (TPSA) is 322 Å². The van der Waals surface area contributed by atoms with Crippen molar-refractivity contribution in [1.29, 1.82) is 0 Å². The van der Waals surface area contributed by atoms with Gasteiger partial charge in [0, 0.05) is 37.7 Å². The lowest BCUT2D eigenvalue weighted by atomic mass is 10.1. The number of nitrogens with zero attached hydrogens (tertiary/aromatic N) is 3. The lowest BCUT2D eigenvalue weighted by molar-refractivity contribution is -0.384. The van der Waals surface area contributed by atoms with Crippen molar-refractivity contribution in [2.75, 3.05) is 11.9 Å². The van der Waals surface area contributed by atoms with Gasteiger partial charge in [0.2, 0.25) is 18.0 Å². The average Bonchev–Trinajstić information content (AvgIpc) is 3.06. The van der Waals surface area contributed by atoms with Crippen LogP contribution in [-0.2, 0) is 40.1 Å². The summed E-state index contributed by atoms with van der Waals surface area (Å²) in [5, 5.41) is 32.5. The minimum Gasteiger partial charge on any atom is -0.481 e. The molecule has 4 amide bonds. The molecule has 290 valence electrons. The van der Waals surface area contributed by atoms with Gasteiger partial charge in [-0.2, -0.15) is 0 Å². The number of hydrogen-bond donors (Lipinski definition) is 7. The van der Waals surface area contributed by atoms with E-state index in [1.165, 1.54) is 12.1 Å². The van der Waals surface area contributed by atoms with E-state index in [1.54, 1.807) is 51.1 Å². The first-order valence-corrected chi connectivity index (χ1v) is 16.0. The summed E-state index contributed by atoms with van der Waals surface area (Å²) in [5.41, 5.74) is 15.7. The summed E-state index contributed by atoms with van der Waals surface area (Å²) in [7, 11) is 0. The SMILES string of the molecule is CC(=O)O.CC(C)(C)OC(NC(=O)CC[C@H](N)C(=O)O)C(=O)N(C(=O)OCc1ccccc1)[C@@H](CCCN=C(N)N)C(=O)Nc1ccc([N+](=O)[O-])cc1. The van der Waals surface area contributed by atoms with Gasteiger partial charge in [0.25, 0.3) is 17.6 Å². The highest BCUT2D eigenvalue weighted by atomic mass is 16.6. The number of rotatable bonds is 17. The number of aliphatic imine (C=N–C) groups is 1. The molecule has 0 radical (unpaired) electrons. The number of nitrogens with one attached hydrogen (secondary N) is 2. The van der Waals surface area contributed by atoms with Crippen LogP contribution in [0.3, 0.4) is 0 Å². The second-order valence-corrected chi connectivity index (χ2v) is 12.2. The fraction of sp³-hybridized carbons (Fsp3) is 0.424. The van der Waals surface area contributed by atoms with E-state index in [-0.39, 0.29) is 49.7 Å². The Bertz CT molecular complexity index is 1590. The molecule has 0 saturated heterocycles. The van der Waals surface area contributed by atoms with Crippen LogP contribution in [0.1, 0.15) is 58.9 Å². The van der Waals surface area contributed by atoms with E-state index in [2.05, 4.69) is 15.6 Å². The fourth-order valence-corrected chi connectivity index (χ4v) is 4.17. The van der Waals surface area contributed by atoms with Gasteiger partial charge in [-0.3, -0.25) is 39.1 Å². The molecule has 0 aliphatic rings. The van der Waals surface area contributed by atoms with E-state index >= 15 is 0 Å². The van der Waals surface area contributed by atoms with Gasteiger partial charge in [-0.25, -0.2) is 9.69 Å². The van der Waals surface area contributed by atoms with Crippen molar-refractivity contribution in [2.45, 2.75) is 83.9 Å². The molecule has 2 aromatic rings. The number of carboxylic acids is 2. The fourth-order valence-electron chi connectivity index (χ4n) is 4.17. The highest BCUT2D eigenvalue weighted by Gasteiger charge is 2.41. The number of ether oxygens (including phenoxy) is 2. The summed E-state index contributed by atoms with van der Waals surface area (Å²) in [6.45, 7) is 5.52. The molecular weight excluding hydrogens is 700 g/mol. The Hall–Kier alpha value is -6.15. The highest BCUT2D eigenvalue weighted by molar-refractivity contribution is 6.04. The number of carbonyl (C=O) groups excluding carboxylic acids is 4. The van der Waals surface area contributed by atoms with Gasteiger partial charge in [0.05, 0.1) is 10.5 Å². The Labute approximate surface area is 304 Å². The van der Waals surface area contributed by atoms with Crippen LogP contribution in [0.5, 0.6) is 0 Å². The number of hydrogen-bond acceptors (Lipinski definition) is 12. The molecular formula is C33H46N8O12. The van der Waals surface area contributed by atoms with Gasteiger partial charge in [-0.05, 0) is 57.7 Å². The number of non-ortho nitro benzene ring substituents is 1. The Morgan fingerprint density at radius 3 is 2.08 bits per heavy atom. The molecule has 2 aromatic carbocycles. The predicted molar refractivity (Wildman–Crippen MR) is 190 cm³/mol. The largest absolute Gasteiger partial charge is 0.481 e. The van der Waals surface area contributed by atoms with Crippen molar-refractivity contribution in [2.24, 2.45) is 22.2 Å². The number of imide groups is 1. The number of benzene rings is 2. The Kier molecular flexibility index (Phi) is 18.6. The summed E-state index contributed by atoms with van der Waals surface area (Å²) in [6, 6.07) is 10.4. The van der Waals surface area contributed by atoms with E-state index < -0.39 is 71.0 Å². The number of guanidine groups is 1. The summed E-state index contributed by atoms with van der Waals surface area (Å²) in [6.07, 6.45) is -3.92. The molecule has 0 bridgehead atoms. The van der Waals surface area contributed by atoms with Gasteiger partial charge in [-0.15, -0.1) is 0 Å². The zero-order valence-corrected chi connectivity index (χ0v) is 29.7. The predicted octanol–water partition coefficient (Wildman–Crippen LogP) is 1.66. The van der Waals surface area contributed by atoms with Crippen LogP contribution in [0, 0.1) is 10.1 Å². The minimum atomic E-state index is -1.86. The second-order valence-electron chi connectivity index (χ2n) is 12.2. The number of amides is 4. The molecule has 0 aliphatic heterocycles. The minimum absolute atomic E-state index is 0.00717. The molecule has 0 aromatic heterocycles. The van der Waals surface area contributed by atoms with Crippen LogP contribution in [0.4, 0.5) is 16.2 Å². The number of carbonyl (C=O) groups is 6. The average molecular weight is 747 g/mol. The monoisotopic (exact) mass is 746 g/mol. The van der Waals surface area contributed by atoms with Crippen molar-refractivity contribution < 1.29 is 53.4 Å². The first-order valence-electron chi connectivity index (χ1n) is 16.0. The first kappa shape index (κ1) is 44.9. The zero-order chi connectivity index (χ0) is 40.3. The van der Waals surface area contributed by atoms with E-state index in [0.29, 0.717) is 10.5 Å². The third-order valence-electron chi connectivity index (χ3n) is 6.52. The summed E-state index contributed by atoms with van der Waals surface area (Å²) >= 11 is 0. The van der Waals surface area contributed by atoms with E-state index in [0.717, 1.165) is 19.1 Å². The van der Waals surface area contributed by atoms with Gasteiger partial charge < -0.3 is 47.5 Å². The third-order valence-corrected chi connectivity index (χ3v) is 6.52. The molecule has 0 aliphatic carbocycles. The van der Waals surface area contributed by atoms with Gasteiger partial charge >= 0.3 is 12.1 Å². The van der Waals surface area contributed by atoms with Crippen molar-refractivity contribution in [3.05, 3.63) is 70.3 Å². The second kappa shape index (κ2) is 21.9. The molecule has 3 atom stereocenters. The molecule has 0 saturated carbocycles. The Balaban J connectivity index is 0.00000333. The van der Waals surface area contributed by atoms with Crippen molar-refractivity contribution in [1.82, 2.24) is 10.2 Å². The summed E-state index contributed by atoms with van der Waals surface area (Å²) in [5.74, 6) is -5.30. The summed E-state index contributed by atoms with van der Waals surface area (Å²) in [4.78, 5) is 89.7. The van der Waals surface area contributed by atoms with Gasteiger partial charge in [0.15, 0.2) is 5.96 Å². The quantitative estimate of drug-likeness (QED) is 0.0302. The molecule has 0 spiro atoms. The van der Waals surface area contributed by atoms with Crippen LogP contribution in [0.2, 0.25) is 0 Å². The lowest BCUT2D eigenvalue weighted by Crippen LogP contribution is -2.59. The van der Waals surface area contributed by atoms with E-state index in [9.17, 15) is 34.1 Å². The maximum absolute atomic E-state index is 14.3. The summed E-state index contributed by atoms with van der Waals surface area (Å²) < 4.78 is 11.3. The molecule has 0 fully saturated rings. The van der Waals surface area contributed by atoms with Gasteiger partial charge in [-0.1, -0.05) is 30.3 Å². The smallest absolute Gasteiger partial charge is 0.417 e. The molecule has 10 N–H and O–H groups in total. The van der Waals surface area contributed by atoms with Crippen LogP contribution >= 0.6 is 0 Å². The third kappa shape index (κ3) is 18.1. The standard InChI is InChI=1S/C31H42N8O10.C2H4O2/c1-31(2,3)49-26(37-24(40)16-15-22(32)28(43)44)27(42)38(30(45)48-18-19-8-5-4-6-9-19)23(10-7-17-35-29(33)34)25(41)36-20-11-13-21(14-12-20)39(46)47;1-2(3)4/h4-6,8-9,11-14,22-23,26H,7,10,15-18,32H2,1-3H3,(H,36,41)(H,37,40)(H,43,44)(H4,33,34,35);1H3,(H,3,4)/t22-,23-,26?;/m0./s1. The number of aliphatic carboxylic acids is 2. The Morgan fingerprint density at radius 2 is 1.57 bits per heavy atom. The molecule has 20 nitrogen and oxygen atoms in total. The van der Waals surface area contributed by atoms with Crippen LogP contribution in [0.15, 0.2) is 59.6 Å². The number of nitro groups is 1. The normalized spacial score (nSPS) is 12.3. The molecule has 20 heteroatoms. The van der Waals surface area contributed by atoms with E-state index in [4.69, 9.17) is 41.7 Å². The zero-order valence-electron chi connectivity index (χ0n) is 29.7. The number of nitrogens with two attached hydrogens (primary N) is 3. The van der Waals surface area contributed by atoms with Crippen LogP contribution in [0.25, 0.3) is 0 Å². The maximum Gasteiger partial charge on any atom is 0.417 e. The van der Waals surface area contributed by atoms with Crippen molar-refractivity contribution in [3.8, 4) is 0 Å². The molecule has 0 heterocycles. The van der Waals surface area contributed by atoms with Crippen LogP contribution in [-0.4, -0.2) is 92.2 Å². The Morgan fingerprint density at radius 1 is 0.981 bits per heavy atom. The first-order chi connectivity index (χ1) is 24.7. The number of carboxylic acid groups (broad SMARTS) is 2. The van der Waals surface area contributed by atoms with Crippen molar-refractivity contribution >= 4 is 53.1 Å². The lowest BCUT2D eigenvalue weighted by Gasteiger charge is -2.34. The molecule has 53 heavy (non-hydrogen) atoms. The van der Waals surface area contributed by atoms with Crippen LogP contribution < -0.4 is 27.8 Å². The number of nitro benzene ring substituents is 1. The van der Waals surface area contributed by atoms with Gasteiger partial charge in [0.1, 0.15) is 18.7 Å². The van der Waals surface area contributed by atoms with Crippen molar-refractivity contribution in [3.63, 3.8) is 0 Å².